The Balaban J connectivity index is 2.13. The third-order valence-electron chi connectivity index (χ3n) is 4.01. The van der Waals surface area contributed by atoms with Crippen LogP contribution in [0.4, 0.5) is 5.69 Å². The van der Waals surface area contributed by atoms with Crippen molar-refractivity contribution >= 4 is 17.6 Å². The predicted molar refractivity (Wildman–Crippen MR) is 76.6 cm³/mol. The van der Waals surface area contributed by atoms with Crippen molar-refractivity contribution in [1.29, 1.82) is 0 Å². The number of ether oxygens (including phenoxy) is 1. The number of hydrogen-bond acceptors (Lipinski definition) is 3. The van der Waals surface area contributed by atoms with Gasteiger partial charge in [-0.1, -0.05) is 13.3 Å². The van der Waals surface area contributed by atoms with Gasteiger partial charge in [0.1, 0.15) is 5.56 Å². The number of aromatic nitrogens is 1. The number of carbonyl (C=O) groups excluding carboxylic acids is 2. The average Bonchev–Trinajstić information content (AvgIpc) is 2.96. The van der Waals surface area contributed by atoms with Gasteiger partial charge in [-0.15, -0.1) is 0 Å². The smallest absolute Gasteiger partial charge is 0.342 e. The molecule has 0 spiro atoms. The number of amides is 1. The van der Waals surface area contributed by atoms with Gasteiger partial charge < -0.3 is 15.0 Å². The summed E-state index contributed by atoms with van der Waals surface area (Å²) >= 11 is 0. The van der Waals surface area contributed by atoms with Crippen LogP contribution in [0.2, 0.25) is 0 Å². The lowest BCUT2D eigenvalue weighted by atomic mass is 9.97. The molecule has 2 unspecified atom stereocenters. The molecule has 1 aromatic rings. The Morgan fingerprint density at radius 3 is 2.80 bits per heavy atom. The molecule has 110 valence electrons. The molecular formula is C15H22N2O3. The molecule has 1 aromatic heterocycles. The molecular weight excluding hydrogens is 256 g/mol. The second-order valence-electron chi connectivity index (χ2n) is 5.43. The molecule has 2 atom stereocenters. The topological polar surface area (TPSA) is 71.2 Å². The molecule has 1 saturated carbocycles. The van der Waals surface area contributed by atoms with Crippen LogP contribution in [-0.4, -0.2) is 23.5 Å². The summed E-state index contributed by atoms with van der Waals surface area (Å²) in [5.41, 5.74) is 1.65. The van der Waals surface area contributed by atoms with Gasteiger partial charge in [-0.05, 0) is 32.6 Å². The summed E-state index contributed by atoms with van der Waals surface area (Å²) in [4.78, 5) is 27.2. The van der Waals surface area contributed by atoms with E-state index in [1.165, 1.54) is 0 Å². The number of hydrogen-bond donors (Lipinski definition) is 2. The second kappa shape index (κ2) is 6.11. The highest BCUT2D eigenvalue weighted by molar-refractivity contribution is 6.02. The summed E-state index contributed by atoms with van der Waals surface area (Å²) in [6.07, 6.45) is 4.76. The molecule has 0 aliphatic heterocycles. The van der Waals surface area contributed by atoms with Crippen LogP contribution in [-0.2, 0) is 9.53 Å². The average molecular weight is 278 g/mol. The van der Waals surface area contributed by atoms with Gasteiger partial charge >= 0.3 is 5.97 Å². The zero-order valence-electron chi connectivity index (χ0n) is 12.3. The molecule has 1 heterocycles. The summed E-state index contributed by atoms with van der Waals surface area (Å²) in [5.74, 6) is 0.0434. The minimum atomic E-state index is -0.402. The van der Waals surface area contributed by atoms with E-state index in [1.54, 1.807) is 20.0 Å². The quantitative estimate of drug-likeness (QED) is 0.832. The molecule has 1 amide bonds. The highest BCUT2D eigenvalue weighted by Crippen LogP contribution is 2.32. The van der Waals surface area contributed by atoms with Crippen LogP contribution in [0.1, 0.15) is 49.2 Å². The Hall–Kier alpha value is -1.78. The van der Waals surface area contributed by atoms with Crippen molar-refractivity contribution in [2.75, 3.05) is 11.9 Å². The van der Waals surface area contributed by atoms with E-state index < -0.39 is 5.97 Å². The van der Waals surface area contributed by atoms with Crippen LogP contribution in [0.5, 0.6) is 0 Å². The first-order valence-corrected chi connectivity index (χ1v) is 7.20. The van der Waals surface area contributed by atoms with Crippen molar-refractivity contribution < 1.29 is 14.3 Å². The molecule has 0 aromatic carbocycles. The number of esters is 1. The Morgan fingerprint density at radius 1 is 1.45 bits per heavy atom. The fourth-order valence-corrected chi connectivity index (χ4v) is 2.85. The zero-order chi connectivity index (χ0) is 14.7. The number of aryl methyl sites for hydroxylation is 1. The van der Waals surface area contributed by atoms with Crippen LogP contribution in [0.25, 0.3) is 0 Å². The summed E-state index contributed by atoms with van der Waals surface area (Å²) in [6.45, 7) is 5.97. The third kappa shape index (κ3) is 2.86. The Kier molecular flexibility index (Phi) is 4.47. The third-order valence-corrected chi connectivity index (χ3v) is 4.01. The van der Waals surface area contributed by atoms with E-state index in [4.69, 9.17) is 4.74 Å². The molecule has 2 rings (SSSR count). The van der Waals surface area contributed by atoms with Gasteiger partial charge in [0, 0.05) is 17.8 Å². The summed E-state index contributed by atoms with van der Waals surface area (Å²) in [5, 5.41) is 2.87. The molecule has 1 aliphatic rings. The van der Waals surface area contributed by atoms with E-state index >= 15 is 0 Å². The van der Waals surface area contributed by atoms with Crippen molar-refractivity contribution in [1.82, 2.24) is 4.98 Å². The summed E-state index contributed by atoms with van der Waals surface area (Å²) < 4.78 is 5.03. The molecule has 0 saturated heterocycles. The SMILES string of the molecule is CCOC(=O)c1c(NC(=O)C2CCCC2C)c[nH]c1C. The van der Waals surface area contributed by atoms with Gasteiger partial charge in [-0.3, -0.25) is 4.79 Å². The summed E-state index contributed by atoms with van der Waals surface area (Å²) in [7, 11) is 0. The van der Waals surface area contributed by atoms with Crippen LogP contribution in [0.15, 0.2) is 6.20 Å². The van der Waals surface area contributed by atoms with Crippen molar-refractivity contribution in [2.45, 2.75) is 40.0 Å². The number of carbonyl (C=O) groups is 2. The fourth-order valence-electron chi connectivity index (χ4n) is 2.85. The van der Waals surface area contributed by atoms with Crippen LogP contribution in [0.3, 0.4) is 0 Å². The maximum absolute atomic E-state index is 12.3. The maximum atomic E-state index is 12.3. The molecule has 5 nitrogen and oxygen atoms in total. The molecule has 20 heavy (non-hydrogen) atoms. The second-order valence-corrected chi connectivity index (χ2v) is 5.43. The van der Waals surface area contributed by atoms with E-state index in [-0.39, 0.29) is 11.8 Å². The Labute approximate surface area is 119 Å². The monoisotopic (exact) mass is 278 g/mol. The highest BCUT2D eigenvalue weighted by atomic mass is 16.5. The van der Waals surface area contributed by atoms with Gasteiger partial charge in [0.05, 0.1) is 12.3 Å². The number of nitrogens with one attached hydrogen (secondary N) is 2. The van der Waals surface area contributed by atoms with Crippen LogP contribution >= 0.6 is 0 Å². The van der Waals surface area contributed by atoms with E-state index in [0.29, 0.717) is 29.5 Å². The maximum Gasteiger partial charge on any atom is 0.342 e. The standard InChI is InChI=1S/C15H22N2O3/c1-4-20-15(19)13-10(3)16-8-12(13)17-14(18)11-7-5-6-9(11)2/h8-9,11,16H,4-7H2,1-3H3,(H,17,18). The molecule has 0 radical (unpaired) electrons. The molecule has 1 aliphatic carbocycles. The number of rotatable bonds is 4. The van der Waals surface area contributed by atoms with Gasteiger partial charge in [0.2, 0.25) is 5.91 Å². The van der Waals surface area contributed by atoms with E-state index in [9.17, 15) is 9.59 Å². The van der Waals surface area contributed by atoms with Gasteiger partial charge in [0.25, 0.3) is 0 Å². The van der Waals surface area contributed by atoms with Crippen molar-refractivity contribution in [2.24, 2.45) is 11.8 Å². The number of H-pyrrole nitrogens is 1. The normalized spacial score (nSPS) is 21.8. The highest BCUT2D eigenvalue weighted by Gasteiger charge is 2.30. The van der Waals surface area contributed by atoms with E-state index in [2.05, 4.69) is 17.2 Å². The number of aromatic amines is 1. The number of anilines is 1. The zero-order valence-corrected chi connectivity index (χ0v) is 12.3. The fraction of sp³-hybridized carbons (Fsp3) is 0.600. The Morgan fingerprint density at radius 2 is 2.20 bits per heavy atom. The molecule has 1 fully saturated rings. The first-order chi connectivity index (χ1) is 9.54. The Bertz CT molecular complexity index is 507. The lowest BCUT2D eigenvalue weighted by Gasteiger charge is -2.15. The van der Waals surface area contributed by atoms with Gasteiger partial charge in [-0.2, -0.15) is 0 Å². The van der Waals surface area contributed by atoms with Crippen molar-refractivity contribution in [3.05, 3.63) is 17.5 Å². The first-order valence-electron chi connectivity index (χ1n) is 7.20. The minimum Gasteiger partial charge on any atom is -0.462 e. The largest absolute Gasteiger partial charge is 0.462 e. The van der Waals surface area contributed by atoms with Gasteiger partial charge in [-0.25, -0.2) is 4.79 Å². The molecule has 2 N–H and O–H groups in total. The predicted octanol–water partition coefficient (Wildman–Crippen LogP) is 2.87. The van der Waals surface area contributed by atoms with E-state index in [0.717, 1.165) is 19.3 Å². The van der Waals surface area contributed by atoms with Gasteiger partial charge in [0.15, 0.2) is 0 Å². The van der Waals surface area contributed by atoms with Crippen LogP contribution in [0, 0.1) is 18.8 Å². The van der Waals surface area contributed by atoms with Crippen LogP contribution < -0.4 is 5.32 Å². The molecule has 0 bridgehead atoms. The molecule has 5 heteroatoms. The minimum absolute atomic E-state index is 0.000418. The summed E-state index contributed by atoms with van der Waals surface area (Å²) in [6, 6.07) is 0. The lowest BCUT2D eigenvalue weighted by Crippen LogP contribution is -2.25. The van der Waals surface area contributed by atoms with Crippen molar-refractivity contribution in [3.8, 4) is 0 Å². The lowest BCUT2D eigenvalue weighted by molar-refractivity contribution is -0.120. The van der Waals surface area contributed by atoms with E-state index in [1.807, 2.05) is 0 Å². The first kappa shape index (κ1) is 14.6. The van der Waals surface area contributed by atoms with Crippen molar-refractivity contribution in [3.63, 3.8) is 0 Å².